The highest BCUT2D eigenvalue weighted by atomic mass is 16.5. The number of ether oxygens (including phenoxy) is 1. The summed E-state index contributed by atoms with van der Waals surface area (Å²) in [6.45, 7) is 4.34. The van der Waals surface area contributed by atoms with Gasteiger partial charge in [-0.3, -0.25) is 9.59 Å². The first-order valence-electron chi connectivity index (χ1n) is 10.1. The number of hydrogen-bond acceptors (Lipinski definition) is 5. The van der Waals surface area contributed by atoms with Crippen molar-refractivity contribution in [3.05, 3.63) is 23.8 Å². The van der Waals surface area contributed by atoms with Gasteiger partial charge in [-0.15, -0.1) is 0 Å². The van der Waals surface area contributed by atoms with Gasteiger partial charge in [-0.1, -0.05) is 45.4 Å². The van der Waals surface area contributed by atoms with E-state index < -0.39 is 5.91 Å². The van der Waals surface area contributed by atoms with Crippen LogP contribution >= 0.6 is 0 Å². The van der Waals surface area contributed by atoms with E-state index in [0.717, 1.165) is 19.3 Å². The zero-order valence-corrected chi connectivity index (χ0v) is 17.0. The summed E-state index contributed by atoms with van der Waals surface area (Å²) in [4.78, 5) is 23.5. The fraction of sp³-hybridized carbons (Fsp3) is 0.571. The van der Waals surface area contributed by atoms with Crippen molar-refractivity contribution in [1.29, 1.82) is 0 Å². The number of amides is 2. The number of hydrazone groups is 1. The van der Waals surface area contributed by atoms with Crippen molar-refractivity contribution in [1.82, 2.24) is 10.7 Å². The number of unbranched alkanes of at least 4 members (excludes halogenated alkanes) is 6. The number of carbonyl (C=O) groups excluding carboxylic acids is 2. The molecule has 0 atom stereocenters. The molecule has 7 heteroatoms. The lowest BCUT2D eigenvalue weighted by Gasteiger charge is -2.06. The summed E-state index contributed by atoms with van der Waals surface area (Å²) < 4.78 is 5.29. The number of phenolic OH excluding ortho intramolecular Hbond substituents is 1. The van der Waals surface area contributed by atoms with Crippen LogP contribution in [0.4, 0.5) is 0 Å². The number of hydrogen-bond donors (Lipinski definition) is 3. The Morgan fingerprint density at radius 3 is 2.50 bits per heavy atom. The van der Waals surface area contributed by atoms with Crippen LogP contribution in [-0.4, -0.2) is 36.3 Å². The molecular formula is C21H33N3O4. The summed E-state index contributed by atoms with van der Waals surface area (Å²) in [5.41, 5.74) is 3.03. The smallest absolute Gasteiger partial charge is 0.259 e. The molecular weight excluding hydrogens is 358 g/mol. The van der Waals surface area contributed by atoms with Gasteiger partial charge in [0.2, 0.25) is 5.91 Å². The second-order valence-corrected chi connectivity index (χ2v) is 6.60. The van der Waals surface area contributed by atoms with E-state index in [0.29, 0.717) is 24.3 Å². The summed E-state index contributed by atoms with van der Waals surface area (Å²) in [7, 11) is 0. The van der Waals surface area contributed by atoms with Gasteiger partial charge in [0.1, 0.15) is 0 Å². The molecule has 0 saturated heterocycles. The van der Waals surface area contributed by atoms with E-state index >= 15 is 0 Å². The Bertz CT molecular complexity index is 632. The lowest BCUT2D eigenvalue weighted by Crippen LogP contribution is -2.34. The molecule has 0 saturated carbocycles. The average Bonchev–Trinajstić information content (AvgIpc) is 2.68. The van der Waals surface area contributed by atoms with Gasteiger partial charge in [0.25, 0.3) is 5.91 Å². The van der Waals surface area contributed by atoms with E-state index in [-0.39, 0.29) is 18.2 Å². The first kappa shape index (κ1) is 23.5. The van der Waals surface area contributed by atoms with Crippen molar-refractivity contribution < 1.29 is 19.4 Å². The van der Waals surface area contributed by atoms with Gasteiger partial charge < -0.3 is 15.2 Å². The SMILES string of the molecule is CCCCCCCCCC(=O)NCC(=O)N/N=C\c1ccc(O)c(OCC)c1. The molecule has 1 aromatic carbocycles. The lowest BCUT2D eigenvalue weighted by atomic mass is 10.1. The van der Waals surface area contributed by atoms with Crippen LogP contribution in [0.3, 0.4) is 0 Å². The molecule has 1 rings (SSSR count). The standard InChI is InChI=1S/C21H33N3O4/c1-3-5-6-7-8-9-10-11-20(26)22-16-21(27)24-23-15-17-12-13-18(25)19(14-17)28-4-2/h12-15,25H,3-11,16H2,1-2H3,(H,22,26)(H,24,27)/b23-15-. The third kappa shape index (κ3) is 10.5. The number of carbonyl (C=O) groups is 2. The van der Waals surface area contributed by atoms with Crippen LogP contribution in [0, 0.1) is 0 Å². The Balaban J connectivity index is 2.20. The van der Waals surface area contributed by atoms with Gasteiger partial charge in [-0.05, 0) is 37.1 Å². The Morgan fingerprint density at radius 1 is 1.07 bits per heavy atom. The minimum absolute atomic E-state index is 0.0479. The molecule has 0 unspecified atom stereocenters. The predicted molar refractivity (Wildman–Crippen MR) is 111 cm³/mol. The van der Waals surface area contributed by atoms with E-state index in [9.17, 15) is 14.7 Å². The van der Waals surface area contributed by atoms with Crippen LogP contribution in [-0.2, 0) is 9.59 Å². The van der Waals surface area contributed by atoms with Crippen LogP contribution in [0.5, 0.6) is 11.5 Å². The molecule has 0 aliphatic rings. The van der Waals surface area contributed by atoms with Gasteiger partial charge in [0.15, 0.2) is 11.5 Å². The summed E-state index contributed by atoms with van der Waals surface area (Å²) in [5, 5.41) is 16.1. The van der Waals surface area contributed by atoms with Crippen LogP contribution in [0.15, 0.2) is 23.3 Å². The monoisotopic (exact) mass is 391 g/mol. The molecule has 0 aliphatic heterocycles. The zero-order valence-electron chi connectivity index (χ0n) is 17.0. The molecule has 0 aliphatic carbocycles. The second-order valence-electron chi connectivity index (χ2n) is 6.60. The maximum atomic E-state index is 11.7. The van der Waals surface area contributed by atoms with Gasteiger partial charge in [0.05, 0.1) is 19.4 Å². The summed E-state index contributed by atoms with van der Waals surface area (Å²) >= 11 is 0. The van der Waals surface area contributed by atoms with Crippen molar-refractivity contribution in [3.8, 4) is 11.5 Å². The van der Waals surface area contributed by atoms with E-state index in [4.69, 9.17) is 4.74 Å². The van der Waals surface area contributed by atoms with E-state index in [1.807, 2.05) is 6.92 Å². The first-order valence-corrected chi connectivity index (χ1v) is 10.1. The highest BCUT2D eigenvalue weighted by Gasteiger charge is 2.05. The van der Waals surface area contributed by atoms with Crippen molar-refractivity contribution in [2.45, 2.75) is 65.2 Å². The van der Waals surface area contributed by atoms with Crippen LogP contribution in [0.25, 0.3) is 0 Å². The molecule has 0 spiro atoms. The molecule has 7 nitrogen and oxygen atoms in total. The molecule has 2 amide bonds. The Morgan fingerprint density at radius 2 is 1.79 bits per heavy atom. The van der Waals surface area contributed by atoms with Crippen molar-refractivity contribution >= 4 is 18.0 Å². The largest absolute Gasteiger partial charge is 0.504 e. The third-order valence-corrected chi connectivity index (χ3v) is 4.14. The van der Waals surface area contributed by atoms with E-state index in [2.05, 4.69) is 22.8 Å². The molecule has 0 heterocycles. The molecule has 0 radical (unpaired) electrons. The topological polar surface area (TPSA) is 100 Å². The Hall–Kier alpha value is -2.57. The van der Waals surface area contributed by atoms with Crippen molar-refractivity contribution in [3.63, 3.8) is 0 Å². The number of benzene rings is 1. The van der Waals surface area contributed by atoms with Crippen LogP contribution < -0.4 is 15.5 Å². The lowest BCUT2D eigenvalue weighted by molar-refractivity contribution is -0.126. The number of nitrogens with one attached hydrogen (secondary N) is 2. The zero-order chi connectivity index (χ0) is 20.6. The van der Waals surface area contributed by atoms with Crippen molar-refractivity contribution in [2.24, 2.45) is 5.10 Å². The molecule has 0 fully saturated rings. The first-order chi connectivity index (χ1) is 13.6. The number of aromatic hydroxyl groups is 1. The van der Waals surface area contributed by atoms with Crippen molar-refractivity contribution in [2.75, 3.05) is 13.2 Å². The number of phenols is 1. The average molecular weight is 392 g/mol. The number of rotatable bonds is 14. The summed E-state index contributed by atoms with van der Waals surface area (Å²) in [6.07, 6.45) is 9.94. The molecule has 28 heavy (non-hydrogen) atoms. The predicted octanol–water partition coefficient (Wildman–Crippen LogP) is 3.50. The minimum Gasteiger partial charge on any atom is -0.504 e. The summed E-state index contributed by atoms with van der Waals surface area (Å²) in [6, 6.07) is 4.77. The molecule has 1 aromatic rings. The van der Waals surface area contributed by atoms with E-state index in [1.165, 1.54) is 38.0 Å². The van der Waals surface area contributed by atoms with Gasteiger partial charge in [-0.25, -0.2) is 5.43 Å². The third-order valence-electron chi connectivity index (χ3n) is 4.14. The Labute approximate surface area is 167 Å². The normalized spacial score (nSPS) is 10.8. The van der Waals surface area contributed by atoms with Gasteiger partial charge >= 0.3 is 0 Å². The maximum absolute atomic E-state index is 11.7. The second kappa shape index (κ2) is 14.5. The van der Waals surface area contributed by atoms with Gasteiger partial charge in [0, 0.05) is 6.42 Å². The molecule has 0 bridgehead atoms. The molecule has 156 valence electrons. The van der Waals surface area contributed by atoms with E-state index in [1.54, 1.807) is 12.1 Å². The molecule has 3 N–H and O–H groups in total. The van der Waals surface area contributed by atoms with Crippen LogP contribution in [0.1, 0.15) is 70.8 Å². The highest BCUT2D eigenvalue weighted by Crippen LogP contribution is 2.26. The number of nitrogens with zero attached hydrogens (tertiary/aromatic N) is 1. The fourth-order valence-corrected chi connectivity index (χ4v) is 2.61. The maximum Gasteiger partial charge on any atom is 0.259 e. The van der Waals surface area contributed by atoms with Crippen LogP contribution in [0.2, 0.25) is 0 Å². The molecule has 0 aromatic heterocycles. The summed E-state index contributed by atoms with van der Waals surface area (Å²) in [5.74, 6) is -0.109. The van der Waals surface area contributed by atoms with Gasteiger partial charge in [-0.2, -0.15) is 5.10 Å². The fourth-order valence-electron chi connectivity index (χ4n) is 2.61. The quantitative estimate of drug-likeness (QED) is 0.257. The minimum atomic E-state index is -0.395. The Kier molecular flexibility index (Phi) is 12.1. The highest BCUT2D eigenvalue weighted by molar-refractivity contribution is 5.86.